The molecule has 0 nitrogen and oxygen atoms in total. The van der Waals surface area contributed by atoms with Crippen LogP contribution in [0.15, 0.2) is 103 Å². The topological polar surface area (TPSA) is 0 Å². The maximum absolute atomic E-state index is 7.53. The van der Waals surface area contributed by atoms with E-state index in [1.165, 1.54) is 26.3 Å². The SMILES string of the molecule is Cl[Si](c1ccccc1)(c1ccccc1)c1cccc2ccccc12. The largest absolute Gasteiger partial charge is 0.248 e. The monoisotopic (exact) mass is 344 g/mol. The molecule has 0 spiro atoms. The summed E-state index contributed by atoms with van der Waals surface area (Å²) in [5.74, 6) is 0. The summed E-state index contributed by atoms with van der Waals surface area (Å²) in [4.78, 5) is 0. The van der Waals surface area contributed by atoms with Gasteiger partial charge >= 0.3 is 0 Å². The Morgan fingerprint density at radius 3 is 1.62 bits per heavy atom. The summed E-state index contributed by atoms with van der Waals surface area (Å²) in [6.07, 6.45) is 0. The first-order chi connectivity index (χ1) is 11.8. The van der Waals surface area contributed by atoms with Crippen molar-refractivity contribution in [2.45, 2.75) is 0 Å². The summed E-state index contributed by atoms with van der Waals surface area (Å²) in [5, 5.41) is 6.16. The Labute approximate surface area is 148 Å². The Morgan fingerprint density at radius 1 is 0.500 bits per heavy atom. The lowest BCUT2D eigenvalue weighted by atomic mass is 10.1. The molecule has 0 unspecified atom stereocenters. The lowest BCUT2D eigenvalue weighted by Crippen LogP contribution is -2.63. The molecule has 24 heavy (non-hydrogen) atoms. The van der Waals surface area contributed by atoms with Crippen molar-refractivity contribution in [2.24, 2.45) is 0 Å². The van der Waals surface area contributed by atoms with Crippen LogP contribution < -0.4 is 15.6 Å². The second-order valence-electron chi connectivity index (χ2n) is 5.92. The number of hydrogen-bond donors (Lipinski definition) is 0. The van der Waals surface area contributed by atoms with E-state index in [1.54, 1.807) is 0 Å². The van der Waals surface area contributed by atoms with Gasteiger partial charge in [-0.2, -0.15) is 0 Å². The third-order valence-corrected chi connectivity index (χ3v) is 9.86. The zero-order valence-corrected chi connectivity index (χ0v) is 14.9. The number of benzene rings is 4. The van der Waals surface area contributed by atoms with Crippen molar-refractivity contribution in [3.8, 4) is 0 Å². The molecule has 0 atom stereocenters. The maximum atomic E-state index is 7.53. The lowest BCUT2D eigenvalue weighted by molar-refractivity contribution is 1.71. The average molecular weight is 345 g/mol. The van der Waals surface area contributed by atoms with Gasteiger partial charge in [-0.05, 0) is 26.3 Å². The number of rotatable bonds is 3. The van der Waals surface area contributed by atoms with Gasteiger partial charge in [-0.1, -0.05) is 103 Å². The second kappa shape index (κ2) is 6.27. The van der Waals surface area contributed by atoms with Gasteiger partial charge in [-0.15, -0.1) is 11.1 Å². The van der Waals surface area contributed by atoms with Gasteiger partial charge in [0.15, 0.2) is 0 Å². The third kappa shape index (κ3) is 2.46. The Morgan fingerprint density at radius 2 is 1.00 bits per heavy atom. The first kappa shape index (κ1) is 15.2. The fourth-order valence-corrected chi connectivity index (χ4v) is 7.77. The molecule has 0 aliphatic carbocycles. The van der Waals surface area contributed by atoms with Crippen molar-refractivity contribution in [3.63, 3.8) is 0 Å². The molecule has 2 heteroatoms. The van der Waals surface area contributed by atoms with E-state index < -0.39 is 7.38 Å². The molecule has 0 fully saturated rings. The summed E-state index contributed by atoms with van der Waals surface area (Å²) in [6, 6.07) is 36.0. The molecule has 0 bridgehead atoms. The van der Waals surface area contributed by atoms with Gasteiger partial charge in [0.2, 0.25) is 7.38 Å². The Balaban J connectivity index is 2.07. The molecule has 0 heterocycles. The van der Waals surface area contributed by atoms with Crippen LogP contribution in [0.4, 0.5) is 0 Å². The van der Waals surface area contributed by atoms with Crippen molar-refractivity contribution in [1.29, 1.82) is 0 Å². The maximum Gasteiger partial charge on any atom is 0.248 e. The van der Waals surface area contributed by atoms with E-state index in [2.05, 4.69) is 91.0 Å². The number of halogens is 1. The summed E-state index contributed by atoms with van der Waals surface area (Å²) >= 11 is 7.53. The molecule has 4 aromatic rings. The van der Waals surface area contributed by atoms with E-state index >= 15 is 0 Å². The smallest absolute Gasteiger partial charge is 0.149 e. The molecule has 0 saturated heterocycles. The zero-order chi connectivity index (χ0) is 16.4. The predicted octanol–water partition coefficient (Wildman–Crippen LogP) is 4.05. The van der Waals surface area contributed by atoms with Crippen molar-refractivity contribution >= 4 is 44.8 Å². The van der Waals surface area contributed by atoms with E-state index in [-0.39, 0.29) is 0 Å². The van der Waals surface area contributed by atoms with Gasteiger partial charge < -0.3 is 0 Å². The molecule has 116 valence electrons. The molecule has 0 aliphatic rings. The van der Waals surface area contributed by atoms with Crippen LogP contribution in [0.3, 0.4) is 0 Å². The number of fused-ring (bicyclic) bond motifs is 1. The predicted molar refractivity (Wildman–Crippen MR) is 107 cm³/mol. The highest BCUT2D eigenvalue weighted by molar-refractivity contribution is 7.41. The van der Waals surface area contributed by atoms with Crippen LogP contribution in [0.1, 0.15) is 0 Å². The van der Waals surface area contributed by atoms with E-state index in [1.807, 2.05) is 12.1 Å². The molecular weight excluding hydrogens is 328 g/mol. The molecule has 0 aromatic heterocycles. The van der Waals surface area contributed by atoms with E-state index in [0.717, 1.165) is 0 Å². The van der Waals surface area contributed by atoms with Gasteiger partial charge in [0.1, 0.15) is 0 Å². The van der Waals surface area contributed by atoms with Crippen LogP contribution in [-0.4, -0.2) is 7.38 Å². The fraction of sp³-hybridized carbons (Fsp3) is 0. The summed E-state index contributed by atoms with van der Waals surface area (Å²) in [7, 11) is -2.57. The minimum absolute atomic E-state index is 1.22. The highest BCUT2D eigenvalue weighted by atomic mass is 35.6. The minimum atomic E-state index is -2.57. The Hall–Kier alpha value is -2.35. The van der Waals surface area contributed by atoms with Gasteiger partial charge in [0, 0.05) is 0 Å². The van der Waals surface area contributed by atoms with Crippen LogP contribution in [-0.2, 0) is 0 Å². The third-order valence-electron chi connectivity index (χ3n) is 4.50. The van der Waals surface area contributed by atoms with Gasteiger partial charge in [-0.25, -0.2) is 0 Å². The van der Waals surface area contributed by atoms with Crippen molar-refractivity contribution in [2.75, 3.05) is 0 Å². The Kier molecular flexibility index (Phi) is 3.97. The van der Waals surface area contributed by atoms with Crippen molar-refractivity contribution in [3.05, 3.63) is 103 Å². The minimum Gasteiger partial charge on any atom is -0.149 e. The van der Waals surface area contributed by atoms with Crippen molar-refractivity contribution < 1.29 is 0 Å². The molecule has 0 N–H and O–H groups in total. The van der Waals surface area contributed by atoms with Crippen LogP contribution in [0.5, 0.6) is 0 Å². The first-order valence-electron chi connectivity index (χ1n) is 8.08. The zero-order valence-electron chi connectivity index (χ0n) is 13.2. The normalized spacial score (nSPS) is 11.5. The summed E-state index contributed by atoms with van der Waals surface area (Å²) in [6.45, 7) is 0. The summed E-state index contributed by atoms with van der Waals surface area (Å²) in [5.41, 5.74) is 0. The Bertz CT molecular complexity index is 920. The molecule has 4 aromatic carbocycles. The fourth-order valence-electron chi connectivity index (χ4n) is 3.34. The van der Waals surface area contributed by atoms with Crippen LogP contribution in [0.25, 0.3) is 10.8 Å². The van der Waals surface area contributed by atoms with E-state index in [9.17, 15) is 0 Å². The standard InChI is InChI=1S/C22H17ClSi/c23-24(19-12-3-1-4-13-19,20-14-5-2-6-15-20)22-17-9-11-18-10-7-8-16-21(18)22/h1-17H. The first-order valence-corrected chi connectivity index (χ1v) is 11.1. The van der Waals surface area contributed by atoms with Crippen LogP contribution in [0, 0.1) is 0 Å². The lowest BCUT2D eigenvalue weighted by Gasteiger charge is -2.27. The molecular formula is C22H17ClSi. The quantitative estimate of drug-likeness (QED) is 0.299. The molecule has 4 rings (SSSR count). The highest BCUT2D eigenvalue weighted by Crippen LogP contribution is 2.19. The molecule has 0 radical (unpaired) electrons. The van der Waals surface area contributed by atoms with E-state index in [0.29, 0.717) is 0 Å². The average Bonchev–Trinajstić information content (AvgIpc) is 2.68. The van der Waals surface area contributed by atoms with Gasteiger partial charge in [0.05, 0.1) is 0 Å². The van der Waals surface area contributed by atoms with Gasteiger partial charge in [0.25, 0.3) is 0 Å². The molecule has 0 aliphatic heterocycles. The van der Waals surface area contributed by atoms with Crippen molar-refractivity contribution in [1.82, 2.24) is 0 Å². The molecule has 0 amide bonds. The second-order valence-corrected chi connectivity index (χ2v) is 10.6. The highest BCUT2D eigenvalue weighted by Gasteiger charge is 2.38. The van der Waals surface area contributed by atoms with Gasteiger partial charge in [-0.3, -0.25) is 0 Å². The van der Waals surface area contributed by atoms with Crippen LogP contribution in [0.2, 0.25) is 0 Å². The molecule has 0 saturated carbocycles. The summed E-state index contributed by atoms with van der Waals surface area (Å²) < 4.78 is 0. The van der Waals surface area contributed by atoms with Crippen LogP contribution >= 0.6 is 11.1 Å². The van der Waals surface area contributed by atoms with E-state index in [4.69, 9.17) is 11.1 Å². The number of hydrogen-bond acceptors (Lipinski definition) is 0.